The van der Waals surface area contributed by atoms with Crippen LogP contribution in [0.5, 0.6) is 0 Å². The Labute approximate surface area is 124 Å². The number of carboxylic acid groups (broad SMARTS) is 1. The fraction of sp³-hybridized carbons (Fsp3) is 0.786. The normalized spacial score (nSPS) is 18.6. The Kier molecular flexibility index (Phi) is 5.99. The van der Waals surface area contributed by atoms with E-state index in [2.05, 4.69) is 5.32 Å². The van der Waals surface area contributed by atoms with Crippen LogP contribution in [0, 0.1) is 0 Å². The number of nitrogens with one attached hydrogen (secondary N) is 1. The van der Waals surface area contributed by atoms with E-state index in [9.17, 15) is 14.4 Å². The largest absolute Gasteiger partial charge is 0.481 e. The Morgan fingerprint density at radius 2 is 1.86 bits per heavy atom. The van der Waals surface area contributed by atoms with Crippen LogP contribution < -0.4 is 11.1 Å². The first-order valence-corrected chi connectivity index (χ1v) is 7.31. The van der Waals surface area contributed by atoms with Gasteiger partial charge >= 0.3 is 12.0 Å². The van der Waals surface area contributed by atoms with Gasteiger partial charge in [0.2, 0.25) is 5.91 Å². The molecular formula is C14H25N3O4. The van der Waals surface area contributed by atoms with E-state index >= 15 is 0 Å². The molecule has 0 aromatic carbocycles. The van der Waals surface area contributed by atoms with Crippen molar-refractivity contribution in [3.63, 3.8) is 0 Å². The molecule has 4 N–H and O–H groups in total. The third-order valence-electron chi connectivity index (χ3n) is 4.16. The fourth-order valence-electron chi connectivity index (χ4n) is 3.00. The second-order valence-corrected chi connectivity index (χ2v) is 5.94. The molecule has 0 spiro atoms. The maximum absolute atomic E-state index is 12.3. The molecule has 7 heteroatoms. The number of hydrogen-bond donors (Lipinski definition) is 3. The smallest absolute Gasteiger partial charge is 0.317 e. The van der Waals surface area contributed by atoms with E-state index in [0.717, 1.165) is 19.3 Å². The first-order chi connectivity index (χ1) is 9.77. The maximum atomic E-state index is 12.3. The lowest BCUT2D eigenvalue weighted by Gasteiger charge is -2.44. The molecule has 7 nitrogen and oxygen atoms in total. The van der Waals surface area contributed by atoms with Crippen molar-refractivity contribution in [2.45, 2.75) is 63.5 Å². The molecule has 1 rings (SSSR count). The summed E-state index contributed by atoms with van der Waals surface area (Å²) in [4.78, 5) is 35.8. The second kappa shape index (κ2) is 7.28. The highest BCUT2D eigenvalue weighted by molar-refractivity contribution is 5.79. The molecule has 1 aliphatic rings. The summed E-state index contributed by atoms with van der Waals surface area (Å²) < 4.78 is 0. The van der Waals surface area contributed by atoms with Gasteiger partial charge in [0, 0.05) is 19.5 Å². The minimum atomic E-state index is -0.901. The van der Waals surface area contributed by atoms with Crippen LogP contribution in [0.1, 0.15) is 51.9 Å². The number of carboxylic acids is 1. The zero-order valence-corrected chi connectivity index (χ0v) is 12.7. The van der Waals surface area contributed by atoms with Crippen LogP contribution in [0.4, 0.5) is 4.79 Å². The van der Waals surface area contributed by atoms with E-state index in [-0.39, 0.29) is 24.9 Å². The molecule has 0 aliphatic heterocycles. The number of nitrogens with zero attached hydrogens (tertiary/aromatic N) is 1. The molecular weight excluding hydrogens is 274 g/mol. The Hall–Kier alpha value is -1.79. The second-order valence-electron chi connectivity index (χ2n) is 5.94. The number of carbonyl (C=O) groups is 3. The van der Waals surface area contributed by atoms with E-state index in [0.29, 0.717) is 12.8 Å². The van der Waals surface area contributed by atoms with Crippen LogP contribution in [0.2, 0.25) is 0 Å². The lowest BCUT2D eigenvalue weighted by Crippen LogP contribution is -2.56. The van der Waals surface area contributed by atoms with Gasteiger partial charge in [-0.1, -0.05) is 19.3 Å². The van der Waals surface area contributed by atoms with Gasteiger partial charge in [-0.3, -0.25) is 9.59 Å². The zero-order valence-electron chi connectivity index (χ0n) is 12.7. The van der Waals surface area contributed by atoms with Crippen LogP contribution >= 0.6 is 0 Å². The number of nitrogens with two attached hydrogens (primary N) is 1. The van der Waals surface area contributed by atoms with Crippen LogP contribution in [-0.2, 0) is 9.59 Å². The summed E-state index contributed by atoms with van der Waals surface area (Å²) in [5.41, 5.74) is 4.46. The molecule has 0 aromatic rings. The molecule has 0 radical (unpaired) electrons. The third kappa shape index (κ3) is 4.91. The molecule has 1 aliphatic carbocycles. The minimum absolute atomic E-state index is 0.0544. The van der Waals surface area contributed by atoms with Crippen molar-refractivity contribution in [3.8, 4) is 0 Å². The lowest BCUT2D eigenvalue weighted by molar-refractivity contribution is -0.140. The quantitative estimate of drug-likeness (QED) is 0.680. The number of carbonyl (C=O) groups excluding carboxylic acids is 2. The third-order valence-corrected chi connectivity index (χ3v) is 4.16. The van der Waals surface area contributed by atoms with Gasteiger partial charge in [-0.05, 0) is 19.8 Å². The predicted molar refractivity (Wildman–Crippen MR) is 77.6 cm³/mol. The molecule has 21 heavy (non-hydrogen) atoms. The maximum Gasteiger partial charge on any atom is 0.317 e. The average Bonchev–Trinajstić information content (AvgIpc) is 2.36. The number of primary amides is 1. The van der Waals surface area contributed by atoms with Crippen molar-refractivity contribution in [2.75, 3.05) is 7.05 Å². The van der Waals surface area contributed by atoms with E-state index in [1.807, 2.05) is 0 Å². The zero-order chi connectivity index (χ0) is 16.0. The topological polar surface area (TPSA) is 113 Å². The number of aliphatic carboxylic acids is 1. The molecule has 0 saturated heterocycles. The van der Waals surface area contributed by atoms with Gasteiger partial charge < -0.3 is 21.1 Å². The Balaban J connectivity index is 2.75. The Bertz CT molecular complexity index is 405. The Morgan fingerprint density at radius 3 is 2.33 bits per heavy atom. The molecule has 0 bridgehead atoms. The van der Waals surface area contributed by atoms with Gasteiger partial charge in [-0.25, -0.2) is 4.79 Å². The van der Waals surface area contributed by atoms with Gasteiger partial charge in [0.15, 0.2) is 0 Å². The van der Waals surface area contributed by atoms with Crippen LogP contribution in [0.3, 0.4) is 0 Å². The minimum Gasteiger partial charge on any atom is -0.481 e. The highest BCUT2D eigenvalue weighted by atomic mass is 16.4. The number of hydrogen-bond acceptors (Lipinski definition) is 3. The molecule has 120 valence electrons. The molecule has 1 atom stereocenters. The highest BCUT2D eigenvalue weighted by Gasteiger charge is 2.40. The fourth-order valence-corrected chi connectivity index (χ4v) is 3.00. The molecule has 3 amide bonds. The van der Waals surface area contributed by atoms with Gasteiger partial charge in [0.05, 0.1) is 12.0 Å². The van der Waals surface area contributed by atoms with Crippen molar-refractivity contribution in [1.29, 1.82) is 0 Å². The van der Waals surface area contributed by atoms with Gasteiger partial charge in [-0.15, -0.1) is 0 Å². The summed E-state index contributed by atoms with van der Waals surface area (Å²) in [6, 6.07) is -0.727. The average molecular weight is 299 g/mol. The Morgan fingerprint density at radius 1 is 1.29 bits per heavy atom. The molecule has 1 fully saturated rings. The van der Waals surface area contributed by atoms with Gasteiger partial charge in [0.25, 0.3) is 0 Å². The van der Waals surface area contributed by atoms with Crippen molar-refractivity contribution in [3.05, 3.63) is 0 Å². The number of amides is 3. The van der Waals surface area contributed by atoms with E-state index < -0.39 is 17.4 Å². The van der Waals surface area contributed by atoms with E-state index in [1.54, 1.807) is 14.0 Å². The lowest BCUT2D eigenvalue weighted by atomic mass is 9.78. The van der Waals surface area contributed by atoms with Crippen LogP contribution in [-0.4, -0.2) is 46.5 Å². The van der Waals surface area contributed by atoms with E-state index in [1.165, 1.54) is 4.90 Å². The summed E-state index contributed by atoms with van der Waals surface area (Å²) in [6.45, 7) is 1.70. The van der Waals surface area contributed by atoms with E-state index in [4.69, 9.17) is 10.8 Å². The summed E-state index contributed by atoms with van der Waals surface area (Å²) in [5, 5.41) is 11.8. The summed E-state index contributed by atoms with van der Waals surface area (Å²) in [6.07, 6.45) is 4.28. The van der Waals surface area contributed by atoms with Crippen molar-refractivity contribution < 1.29 is 19.5 Å². The molecule has 1 saturated carbocycles. The first-order valence-electron chi connectivity index (χ1n) is 7.31. The van der Waals surface area contributed by atoms with Gasteiger partial charge in [-0.2, -0.15) is 0 Å². The van der Waals surface area contributed by atoms with Gasteiger partial charge in [0.1, 0.15) is 0 Å². The number of rotatable bonds is 6. The summed E-state index contributed by atoms with van der Waals surface area (Å²) in [7, 11) is 1.63. The predicted octanol–water partition coefficient (Wildman–Crippen LogP) is 1.07. The standard InChI is InChI=1S/C14H25N3O4/c1-10(8-11(15)18)16-13(21)17(2)14(9-12(19)20)6-4-3-5-7-14/h10H,3-9H2,1-2H3,(H2,15,18)(H,16,21)(H,19,20). The number of urea groups is 1. The highest BCUT2D eigenvalue weighted by Crippen LogP contribution is 2.35. The summed E-state index contributed by atoms with van der Waals surface area (Å²) in [5.74, 6) is -1.38. The van der Waals surface area contributed by atoms with Crippen LogP contribution in [0.15, 0.2) is 0 Å². The van der Waals surface area contributed by atoms with Crippen LogP contribution in [0.25, 0.3) is 0 Å². The molecule has 0 aromatic heterocycles. The van der Waals surface area contributed by atoms with Crippen molar-refractivity contribution in [2.24, 2.45) is 5.73 Å². The molecule has 0 heterocycles. The SMILES string of the molecule is CC(CC(N)=O)NC(=O)N(C)C1(CC(=O)O)CCCCC1. The van der Waals surface area contributed by atoms with Crippen molar-refractivity contribution >= 4 is 17.9 Å². The first kappa shape index (κ1) is 17.3. The monoisotopic (exact) mass is 299 g/mol. The molecule has 1 unspecified atom stereocenters. The summed E-state index contributed by atoms with van der Waals surface area (Å²) >= 11 is 0. The van der Waals surface area contributed by atoms with Crippen molar-refractivity contribution in [1.82, 2.24) is 10.2 Å².